The lowest BCUT2D eigenvalue weighted by atomic mass is 9.89. The highest BCUT2D eigenvalue weighted by molar-refractivity contribution is 6.30. The molecule has 3 heterocycles. The monoisotopic (exact) mass is 446 g/mol. The normalized spacial score (nSPS) is 18.7. The van der Waals surface area contributed by atoms with Gasteiger partial charge in [-0.1, -0.05) is 11.6 Å². The molecule has 0 saturated carbocycles. The van der Waals surface area contributed by atoms with Crippen LogP contribution in [0, 0.1) is 11.7 Å². The largest absolute Gasteiger partial charge is 0.391 e. The molecular weight excluding hydrogens is 423 g/mol. The number of aromatic nitrogens is 4. The van der Waals surface area contributed by atoms with Gasteiger partial charge in [-0.3, -0.25) is 9.89 Å². The summed E-state index contributed by atoms with van der Waals surface area (Å²) < 4.78 is 13.7. The number of fused-ring (bicyclic) bond motifs is 1. The van der Waals surface area contributed by atoms with Crippen molar-refractivity contribution in [2.45, 2.75) is 38.3 Å². The van der Waals surface area contributed by atoms with E-state index in [2.05, 4.69) is 30.4 Å². The van der Waals surface area contributed by atoms with E-state index < -0.39 is 18.0 Å². The zero-order chi connectivity index (χ0) is 22.0. The fourth-order valence-corrected chi connectivity index (χ4v) is 4.35. The summed E-state index contributed by atoms with van der Waals surface area (Å²) in [5, 5.41) is 21.1. The standard InChI is InChI=1S/C21H24ClFN6O2/c1-12(30)19(27-16-7-14(22)6-15(23)8-16)18(31)5-13-3-2-4-29(10-13)21-17-9-26-28-20(17)24-11-25-21/h6-9,11-13,19,27,30H,2-5,10H2,1H3,(H,24,25,26,28)/t12-,13-,19+/m0/s1. The minimum Gasteiger partial charge on any atom is -0.391 e. The lowest BCUT2D eigenvalue weighted by Crippen LogP contribution is -2.42. The number of nitrogens with one attached hydrogen (secondary N) is 2. The van der Waals surface area contributed by atoms with Crippen molar-refractivity contribution in [3.63, 3.8) is 0 Å². The fourth-order valence-electron chi connectivity index (χ4n) is 4.13. The summed E-state index contributed by atoms with van der Waals surface area (Å²) >= 11 is 5.91. The minimum absolute atomic E-state index is 0.109. The summed E-state index contributed by atoms with van der Waals surface area (Å²) in [7, 11) is 0. The summed E-state index contributed by atoms with van der Waals surface area (Å²) in [4.78, 5) is 23.8. The number of anilines is 2. The topological polar surface area (TPSA) is 107 Å². The van der Waals surface area contributed by atoms with Gasteiger partial charge in [-0.05, 0) is 43.9 Å². The van der Waals surface area contributed by atoms with Crippen LogP contribution >= 0.6 is 11.6 Å². The molecule has 0 bridgehead atoms. The Morgan fingerprint density at radius 1 is 1.42 bits per heavy atom. The van der Waals surface area contributed by atoms with E-state index in [0.29, 0.717) is 24.3 Å². The summed E-state index contributed by atoms with van der Waals surface area (Å²) in [6.45, 7) is 3.05. The highest BCUT2D eigenvalue weighted by Gasteiger charge is 2.29. The molecule has 0 radical (unpaired) electrons. The van der Waals surface area contributed by atoms with Crippen LogP contribution in [-0.2, 0) is 4.79 Å². The third kappa shape index (κ3) is 4.94. The number of Topliss-reactive ketones (excluding diaryl/α,β-unsaturated/α-hetero) is 1. The van der Waals surface area contributed by atoms with Crippen LogP contribution in [0.4, 0.5) is 15.9 Å². The molecule has 0 spiro atoms. The Labute approximate surface area is 183 Å². The first-order valence-corrected chi connectivity index (χ1v) is 10.6. The number of aliphatic hydroxyl groups excluding tert-OH is 1. The third-order valence-electron chi connectivity index (χ3n) is 5.55. The molecule has 2 aromatic heterocycles. The van der Waals surface area contributed by atoms with Crippen molar-refractivity contribution in [3.05, 3.63) is 41.6 Å². The van der Waals surface area contributed by atoms with Crippen LogP contribution in [0.15, 0.2) is 30.7 Å². The van der Waals surface area contributed by atoms with Crippen LogP contribution < -0.4 is 10.2 Å². The Balaban J connectivity index is 1.45. The number of hydrogen-bond donors (Lipinski definition) is 3. The minimum atomic E-state index is -0.943. The Kier molecular flexibility index (Phi) is 6.33. The van der Waals surface area contributed by atoms with Crippen LogP contribution in [0.3, 0.4) is 0 Å². The van der Waals surface area contributed by atoms with Gasteiger partial charge >= 0.3 is 0 Å². The van der Waals surface area contributed by atoms with Crippen molar-refractivity contribution in [3.8, 4) is 0 Å². The number of aromatic amines is 1. The predicted octanol–water partition coefficient (Wildman–Crippen LogP) is 3.18. The van der Waals surface area contributed by atoms with Crippen molar-refractivity contribution in [1.29, 1.82) is 0 Å². The van der Waals surface area contributed by atoms with E-state index in [1.807, 2.05) is 0 Å². The molecule has 0 aliphatic carbocycles. The highest BCUT2D eigenvalue weighted by Crippen LogP contribution is 2.28. The van der Waals surface area contributed by atoms with Crippen molar-refractivity contribution in [2.75, 3.05) is 23.3 Å². The van der Waals surface area contributed by atoms with E-state index in [1.54, 1.807) is 13.1 Å². The van der Waals surface area contributed by atoms with Gasteiger partial charge in [0, 0.05) is 30.2 Å². The van der Waals surface area contributed by atoms with Crippen molar-refractivity contribution >= 4 is 39.9 Å². The van der Waals surface area contributed by atoms with E-state index in [0.717, 1.165) is 30.6 Å². The van der Waals surface area contributed by atoms with Crippen LogP contribution in [0.5, 0.6) is 0 Å². The average Bonchev–Trinajstić information content (AvgIpc) is 3.20. The van der Waals surface area contributed by atoms with Gasteiger partial charge in [0.05, 0.1) is 17.7 Å². The number of carbonyl (C=O) groups excluding carboxylic acids is 1. The van der Waals surface area contributed by atoms with Crippen LogP contribution in [0.25, 0.3) is 11.0 Å². The molecule has 3 aromatic rings. The summed E-state index contributed by atoms with van der Waals surface area (Å²) in [6, 6.07) is 3.11. The molecule has 0 amide bonds. The lowest BCUT2D eigenvalue weighted by Gasteiger charge is -2.34. The second kappa shape index (κ2) is 9.15. The Bertz CT molecular complexity index is 1050. The van der Waals surface area contributed by atoms with E-state index in [4.69, 9.17) is 11.6 Å². The number of nitrogens with zero attached hydrogens (tertiary/aromatic N) is 4. The molecular formula is C21H24ClFN6O2. The number of hydrogen-bond acceptors (Lipinski definition) is 7. The predicted molar refractivity (Wildman–Crippen MR) is 117 cm³/mol. The van der Waals surface area contributed by atoms with Crippen LogP contribution in [-0.4, -0.2) is 56.3 Å². The molecule has 3 atom stereocenters. The SMILES string of the molecule is C[C@H](O)[C@@H](Nc1cc(F)cc(Cl)c1)C(=O)C[C@@H]1CCCN(c2ncnc3[nH]ncc23)C1. The Morgan fingerprint density at radius 2 is 2.26 bits per heavy atom. The van der Waals surface area contributed by atoms with E-state index in [-0.39, 0.29) is 16.7 Å². The smallest absolute Gasteiger partial charge is 0.160 e. The third-order valence-corrected chi connectivity index (χ3v) is 5.77. The van der Waals surface area contributed by atoms with E-state index >= 15 is 0 Å². The van der Waals surface area contributed by atoms with Crippen LogP contribution in [0.1, 0.15) is 26.2 Å². The first-order valence-electron chi connectivity index (χ1n) is 10.2. The van der Waals surface area contributed by atoms with Gasteiger partial charge in [-0.2, -0.15) is 5.10 Å². The maximum atomic E-state index is 13.7. The van der Waals surface area contributed by atoms with Gasteiger partial charge in [-0.15, -0.1) is 0 Å². The zero-order valence-corrected chi connectivity index (χ0v) is 17.8. The quantitative estimate of drug-likeness (QED) is 0.511. The Hall–Kier alpha value is -2.78. The summed E-state index contributed by atoms with van der Waals surface area (Å²) in [5.74, 6) is 0.274. The van der Waals surface area contributed by atoms with E-state index in [9.17, 15) is 14.3 Å². The van der Waals surface area contributed by atoms with Gasteiger partial charge in [0.1, 0.15) is 24.0 Å². The van der Waals surface area contributed by atoms with Crippen molar-refractivity contribution in [2.24, 2.45) is 5.92 Å². The number of piperidine rings is 1. The van der Waals surface area contributed by atoms with Gasteiger partial charge in [0.15, 0.2) is 11.4 Å². The molecule has 1 saturated heterocycles. The Morgan fingerprint density at radius 3 is 3.03 bits per heavy atom. The molecule has 1 aliphatic rings. The van der Waals surface area contributed by atoms with Crippen molar-refractivity contribution < 1.29 is 14.3 Å². The molecule has 0 unspecified atom stereocenters. The number of rotatable bonds is 7. The molecule has 8 nitrogen and oxygen atoms in total. The first-order chi connectivity index (χ1) is 14.9. The van der Waals surface area contributed by atoms with Gasteiger partial charge in [-0.25, -0.2) is 14.4 Å². The number of benzene rings is 1. The molecule has 31 heavy (non-hydrogen) atoms. The second-order valence-corrected chi connectivity index (χ2v) is 8.41. The fraction of sp³-hybridized carbons (Fsp3) is 0.429. The zero-order valence-electron chi connectivity index (χ0n) is 17.1. The highest BCUT2D eigenvalue weighted by atomic mass is 35.5. The molecule has 4 rings (SSSR count). The number of H-pyrrole nitrogens is 1. The van der Waals surface area contributed by atoms with Crippen molar-refractivity contribution in [1.82, 2.24) is 20.2 Å². The number of ketones is 1. The van der Waals surface area contributed by atoms with Crippen LogP contribution in [0.2, 0.25) is 5.02 Å². The molecule has 1 fully saturated rings. The summed E-state index contributed by atoms with van der Waals surface area (Å²) in [5.41, 5.74) is 1.04. The molecule has 10 heteroatoms. The molecule has 1 aromatic carbocycles. The maximum Gasteiger partial charge on any atom is 0.160 e. The van der Waals surface area contributed by atoms with Gasteiger partial charge in [0.2, 0.25) is 0 Å². The van der Waals surface area contributed by atoms with E-state index in [1.165, 1.54) is 24.5 Å². The number of carbonyl (C=O) groups is 1. The molecule has 3 N–H and O–H groups in total. The van der Waals surface area contributed by atoms with Gasteiger partial charge < -0.3 is 15.3 Å². The first kappa shape index (κ1) is 21.5. The second-order valence-electron chi connectivity index (χ2n) is 7.98. The lowest BCUT2D eigenvalue weighted by molar-refractivity contribution is -0.122. The molecule has 164 valence electrons. The summed E-state index contributed by atoms with van der Waals surface area (Å²) in [6.07, 6.45) is 4.39. The number of halogens is 2. The van der Waals surface area contributed by atoms with Gasteiger partial charge in [0.25, 0.3) is 0 Å². The average molecular weight is 447 g/mol. The number of aliphatic hydroxyl groups is 1. The maximum absolute atomic E-state index is 13.7. The molecule has 1 aliphatic heterocycles.